The van der Waals surface area contributed by atoms with E-state index >= 15 is 0 Å². The van der Waals surface area contributed by atoms with Crippen molar-refractivity contribution in [2.75, 3.05) is 37.6 Å². The minimum Gasteiger partial charge on any atom is -0.334 e. The van der Waals surface area contributed by atoms with E-state index in [2.05, 4.69) is 23.7 Å². The molecular formula is C32H41FN4O2. The zero-order valence-corrected chi connectivity index (χ0v) is 23.7. The predicted octanol–water partition coefficient (Wildman–Crippen LogP) is 6.15. The standard InChI is InChI=1S/C32H41FN4O2/c1-23(2)17-31(38)37-16-8-14-35(21-24(3)4)13-7-15-36(22-27-19-28(33)11-12-30(27)37)32(39)26-18-25-9-5-6-10-29(25)34-20-26/h5-6,9-12,18-20,23-24H,7-8,13-17,21-22H2,1-4H3. The van der Waals surface area contributed by atoms with Gasteiger partial charge < -0.3 is 14.7 Å². The van der Waals surface area contributed by atoms with Crippen LogP contribution < -0.4 is 4.90 Å². The molecule has 0 atom stereocenters. The minimum absolute atomic E-state index is 0.0296. The van der Waals surface area contributed by atoms with Gasteiger partial charge in [0.2, 0.25) is 5.91 Å². The van der Waals surface area contributed by atoms with Gasteiger partial charge in [0.15, 0.2) is 0 Å². The summed E-state index contributed by atoms with van der Waals surface area (Å²) in [5.74, 6) is 0.235. The van der Waals surface area contributed by atoms with Crippen molar-refractivity contribution in [2.45, 2.75) is 53.5 Å². The Morgan fingerprint density at radius 3 is 2.41 bits per heavy atom. The first kappa shape index (κ1) is 28.7. The fourth-order valence-electron chi connectivity index (χ4n) is 5.36. The van der Waals surface area contributed by atoms with Crippen molar-refractivity contribution in [3.8, 4) is 0 Å². The van der Waals surface area contributed by atoms with Crippen molar-refractivity contribution >= 4 is 28.4 Å². The van der Waals surface area contributed by atoms with Gasteiger partial charge in [-0.3, -0.25) is 14.6 Å². The molecule has 4 rings (SSSR count). The van der Waals surface area contributed by atoms with Gasteiger partial charge in [0.05, 0.1) is 11.1 Å². The lowest BCUT2D eigenvalue weighted by Gasteiger charge is -2.32. The number of nitrogens with zero attached hydrogens (tertiary/aromatic N) is 4. The number of carbonyl (C=O) groups excluding carboxylic acids is 2. The SMILES string of the molecule is CC(C)CC(=O)N1CCCN(CC(C)C)CCCN(C(=O)c2cnc3ccccc3c2)Cc2cc(F)ccc21. The number of pyridine rings is 1. The first-order valence-corrected chi connectivity index (χ1v) is 14.2. The van der Waals surface area contributed by atoms with E-state index in [1.54, 1.807) is 17.2 Å². The number of rotatable bonds is 5. The van der Waals surface area contributed by atoms with Crippen LogP contribution in [0.4, 0.5) is 10.1 Å². The van der Waals surface area contributed by atoms with Crippen molar-refractivity contribution in [2.24, 2.45) is 11.8 Å². The summed E-state index contributed by atoms with van der Waals surface area (Å²) in [7, 11) is 0. The molecule has 0 unspecified atom stereocenters. The van der Waals surface area contributed by atoms with Gasteiger partial charge in [0.1, 0.15) is 5.82 Å². The van der Waals surface area contributed by atoms with E-state index in [0.29, 0.717) is 42.2 Å². The van der Waals surface area contributed by atoms with Crippen LogP contribution in [0.2, 0.25) is 0 Å². The first-order valence-electron chi connectivity index (χ1n) is 14.2. The van der Waals surface area contributed by atoms with Gasteiger partial charge >= 0.3 is 0 Å². The molecule has 2 amide bonds. The summed E-state index contributed by atoms with van der Waals surface area (Å²) < 4.78 is 14.6. The Balaban J connectivity index is 1.72. The fourth-order valence-corrected chi connectivity index (χ4v) is 5.36. The van der Waals surface area contributed by atoms with Crippen molar-refractivity contribution in [3.63, 3.8) is 0 Å². The highest BCUT2D eigenvalue weighted by atomic mass is 19.1. The average Bonchev–Trinajstić information content (AvgIpc) is 2.88. The van der Waals surface area contributed by atoms with Crippen molar-refractivity contribution in [1.29, 1.82) is 0 Å². The monoisotopic (exact) mass is 532 g/mol. The van der Waals surface area contributed by atoms with Crippen LogP contribution in [0, 0.1) is 17.7 Å². The summed E-state index contributed by atoms with van der Waals surface area (Å²) in [6.07, 6.45) is 3.67. The van der Waals surface area contributed by atoms with Gasteiger partial charge in [0.25, 0.3) is 5.91 Å². The van der Waals surface area contributed by atoms with Crippen LogP contribution in [0.1, 0.15) is 62.9 Å². The minimum atomic E-state index is -0.375. The van der Waals surface area contributed by atoms with E-state index in [-0.39, 0.29) is 30.1 Å². The van der Waals surface area contributed by atoms with Crippen LogP contribution >= 0.6 is 0 Å². The molecule has 1 aliphatic heterocycles. The first-order chi connectivity index (χ1) is 18.7. The molecule has 6 nitrogen and oxygen atoms in total. The highest BCUT2D eigenvalue weighted by Gasteiger charge is 2.25. The van der Waals surface area contributed by atoms with E-state index < -0.39 is 0 Å². The summed E-state index contributed by atoms with van der Waals surface area (Å²) >= 11 is 0. The molecule has 0 aliphatic carbocycles. The largest absolute Gasteiger partial charge is 0.334 e. The second kappa shape index (κ2) is 13.2. The summed E-state index contributed by atoms with van der Waals surface area (Å²) in [5.41, 5.74) is 2.67. The van der Waals surface area contributed by atoms with E-state index in [0.717, 1.165) is 43.4 Å². The Bertz CT molecular complexity index is 1290. The third-order valence-corrected chi connectivity index (χ3v) is 7.08. The molecule has 1 aliphatic rings. The van der Waals surface area contributed by atoms with Crippen LogP contribution in [0.25, 0.3) is 10.9 Å². The molecule has 0 saturated heterocycles. The summed E-state index contributed by atoms with van der Waals surface area (Å²) in [6.45, 7) is 12.5. The zero-order valence-electron chi connectivity index (χ0n) is 23.7. The molecule has 2 aromatic carbocycles. The fraction of sp³-hybridized carbons (Fsp3) is 0.469. The molecule has 0 bridgehead atoms. The lowest BCUT2D eigenvalue weighted by molar-refractivity contribution is -0.119. The number of benzene rings is 2. The maximum absolute atomic E-state index is 14.6. The van der Waals surface area contributed by atoms with Gasteiger partial charge in [0, 0.05) is 49.9 Å². The summed E-state index contributed by atoms with van der Waals surface area (Å²) in [4.78, 5) is 37.8. The van der Waals surface area contributed by atoms with Crippen molar-refractivity contribution in [1.82, 2.24) is 14.8 Å². The second-order valence-corrected chi connectivity index (χ2v) is 11.5. The lowest BCUT2D eigenvalue weighted by atomic mass is 10.1. The number of fused-ring (bicyclic) bond motifs is 2. The average molecular weight is 533 g/mol. The zero-order chi connectivity index (χ0) is 27.9. The van der Waals surface area contributed by atoms with Crippen molar-refractivity contribution in [3.05, 3.63) is 71.7 Å². The quantitative estimate of drug-likeness (QED) is 0.396. The Morgan fingerprint density at radius 2 is 1.67 bits per heavy atom. The molecule has 1 aromatic heterocycles. The number of carbonyl (C=O) groups is 2. The second-order valence-electron chi connectivity index (χ2n) is 11.5. The van der Waals surface area contributed by atoms with E-state index in [9.17, 15) is 14.0 Å². The van der Waals surface area contributed by atoms with Crippen LogP contribution in [0.3, 0.4) is 0 Å². The van der Waals surface area contributed by atoms with Crippen LogP contribution in [0.15, 0.2) is 54.7 Å². The van der Waals surface area contributed by atoms with Crippen LogP contribution in [-0.2, 0) is 11.3 Å². The van der Waals surface area contributed by atoms with Gasteiger partial charge in [-0.05, 0) is 73.7 Å². The molecule has 0 N–H and O–H groups in total. The highest BCUT2D eigenvalue weighted by Crippen LogP contribution is 2.27. The Kier molecular flexibility index (Phi) is 9.68. The molecule has 2 heterocycles. The highest BCUT2D eigenvalue weighted by molar-refractivity contribution is 5.98. The molecule has 39 heavy (non-hydrogen) atoms. The molecule has 0 radical (unpaired) electrons. The number of amides is 2. The summed E-state index contributed by atoms with van der Waals surface area (Å²) in [5, 5.41) is 0.901. The molecule has 7 heteroatoms. The predicted molar refractivity (Wildman–Crippen MR) is 155 cm³/mol. The topological polar surface area (TPSA) is 56.8 Å². The number of para-hydroxylation sites is 1. The molecule has 208 valence electrons. The normalized spacial score (nSPS) is 15.8. The number of aromatic nitrogens is 1. The Labute approximate surface area is 231 Å². The third-order valence-electron chi connectivity index (χ3n) is 7.08. The third kappa shape index (κ3) is 7.63. The number of hydrogen-bond acceptors (Lipinski definition) is 4. The maximum atomic E-state index is 14.6. The van der Waals surface area contributed by atoms with Gasteiger partial charge in [-0.15, -0.1) is 0 Å². The lowest BCUT2D eigenvalue weighted by Crippen LogP contribution is -2.40. The van der Waals surface area contributed by atoms with Crippen LogP contribution in [-0.4, -0.2) is 59.3 Å². The van der Waals surface area contributed by atoms with E-state index in [4.69, 9.17) is 0 Å². The molecule has 0 spiro atoms. The van der Waals surface area contributed by atoms with E-state index in [1.165, 1.54) is 12.1 Å². The molecule has 0 saturated carbocycles. The Morgan fingerprint density at radius 1 is 0.923 bits per heavy atom. The number of hydrogen-bond donors (Lipinski definition) is 0. The van der Waals surface area contributed by atoms with Gasteiger partial charge in [-0.25, -0.2) is 4.39 Å². The Hall–Kier alpha value is -3.32. The number of halogens is 1. The van der Waals surface area contributed by atoms with Gasteiger partial charge in [-0.2, -0.15) is 0 Å². The van der Waals surface area contributed by atoms with Crippen LogP contribution in [0.5, 0.6) is 0 Å². The molecule has 3 aromatic rings. The van der Waals surface area contributed by atoms with E-state index in [1.807, 2.05) is 49.1 Å². The molecular weight excluding hydrogens is 491 g/mol. The maximum Gasteiger partial charge on any atom is 0.255 e. The molecule has 0 fully saturated rings. The van der Waals surface area contributed by atoms with Crippen molar-refractivity contribution < 1.29 is 14.0 Å². The van der Waals surface area contributed by atoms with Gasteiger partial charge in [-0.1, -0.05) is 45.9 Å². The number of anilines is 1. The smallest absolute Gasteiger partial charge is 0.255 e. The summed E-state index contributed by atoms with van der Waals surface area (Å²) in [6, 6.07) is 14.2.